The van der Waals surface area contributed by atoms with E-state index < -0.39 is 6.04 Å². The van der Waals surface area contributed by atoms with Crippen LogP contribution in [0.2, 0.25) is 0 Å². The first-order chi connectivity index (χ1) is 10.6. The van der Waals surface area contributed by atoms with Gasteiger partial charge in [0.1, 0.15) is 6.04 Å². The Bertz CT molecular complexity index is 388. The Balaban J connectivity index is 2.32. The van der Waals surface area contributed by atoms with E-state index in [1.165, 1.54) is 7.11 Å². The molecule has 0 unspecified atom stereocenters. The Hall–Kier alpha value is -1.24. The lowest BCUT2D eigenvalue weighted by Crippen LogP contribution is -2.49. The van der Waals surface area contributed by atoms with Gasteiger partial charge in [-0.25, -0.2) is 4.79 Å². The summed E-state index contributed by atoms with van der Waals surface area (Å²) in [5.74, 6) is 1.11. The molecule has 22 heavy (non-hydrogen) atoms. The van der Waals surface area contributed by atoms with Gasteiger partial charge in [-0.2, -0.15) is 11.8 Å². The number of methoxy groups -OCH3 is 1. The Morgan fingerprint density at radius 2 is 2.14 bits per heavy atom. The summed E-state index contributed by atoms with van der Waals surface area (Å²) in [4.78, 5) is 36.6. The van der Waals surface area contributed by atoms with E-state index in [1.807, 2.05) is 0 Å². The first kappa shape index (κ1) is 18.8. The van der Waals surface area contributed by atoms with Gasteiger partial charge < -0.3 is 14.4 Å². The number of hydrogen-bond acceptors (Lipinski definition) is 6. The van der Waals surface area contributed by atoms with Crippen molar-refractivity contribution in [1.29, 1.82) is 0 Å². The van der Waals surface area contributed by atoms with Crippen LogP contribution < -0.4 is 0 Å². The second-order valence-corrected chi connectivity index (χ2v) is 6.26. The standard InChI is InChI=1S/C15H25NO5S/c1-3-21-15(19)12-6-4-7-13(17)16(12)9-11-22-10-5-8-14(18)20-2/h12H,3-11H2,1-2H3/t12-/m1/s1. The van der Waals surface area contributed by atoms with E-state index in [-0.39, 0.29) is 17.8 Å². The molecule has 0 aromatic carbocycles. The van der Waals surface area contributed by atoms with Gasteiger partial charge in [-0.15, -0.1) is 0 Å². The maximum Gasteiger partial charge on any atom is 0.328 e. The third kappa shape index (κ3) is 6.25. The lowest BCUT2D eigenvalue weighted by Gasteiger charge is -2.33. The van der Waals surface area contributed by atoms with Crippen molar-refractivity contribution in [3.05, 3.63) is 0 Å². The van der Waals surface area contributed by atoms with Gasteiger partial charge in [0.15, 0.2) is 0 Å². The highest BCUT2D eigenvalue weighted by Crippen LogP contribution is 2.20. The van der Waals surface area contributed by atoms with E-state index in [1.54, 1.807) is 23.6 Å². The maximum absolute atomic E-state index is 12.0. The van der Waals surface area contributed by atoms with Crippen LogP contribution in [-0.4, -0.2) is 60.6 Å². The molecule has 126 valence electrons. The molecule has 0 aromatic rings. The minimum atomic E-state index is -0.433. The molecule has 0 saturated carbocycles. The summed E-state index contributed by atoms with van der Waals surface area (Å²) in [6.07, 6.45) is 3.09. The van der Waals surface area contributed by atoms with E-state index in [9.17, 15) is 14.4 Å². The predicted molar refractivity (Wildman–Crippen MR) is 84.6 cm³/mol. The zero-order valence-corrected chi connectivity index (χ0v) is 14.2. The lowest BCUT2D eigenvalue weighted by atomic mass is 10.0. The highest BCUT2D eigenvalue weighted by molar-refractivity contribution is 7.99. The van der Waals surface area contributed by atoms with Crippen LogP contribution in [0.1, 0.15) is 39.0 Å². The molecule has 1 heterocycles. The number of thioether (sulfide) groups is 1. The summed E-state index contributed by atoms with van der Waals surface area (Å²) in [5.41, 5.74) is 0. The molecular formula is C15H25NO5S. The minimum absolute atomic E-state index is 0.0273. The molecular weight excluding hydrogens is 306 g/mol. The van der Waals surface area contributed by atoms with Gasteiger partial charge in [-0.05, 0) is 31.9 Å². The van der Waals surface area contributed by atoms with Crippen LogP contribution in [0.5, 0.6) is 0 Å². The number of rotatable bonds is 9. The number of ether oxygens (including phenoxy) is 2. The monoisotopic (exact) mass is 331 g/mol. The largest absolute Gasteiger partial charge is 0.469 e. The topological polar surface area (TPSA) is 72.9 Å². The molecule has 1 aliphatic heterocycles. The van der Waals surface area contributed by atoms with Crippen molar-refractivity contribution in [2.75, 3.05) is 31.8 Å². The van der Waals surface area contributed by atoms with Crippen molar-refractivity contribution in [3.63, 3.8) is 0 Å². The molecule has 6 nitrogen and oxygen atoms in total. The summed E-state index contributed by atoms with van der Waals surface area (Å²) in [7, 11) is 1.38. The summed E-state index contributed by atoms with van der Waals surface area (Å²) in [6, 6.07) is -0.433. The molecule has 1 rings (SSSR count). The first-order valence-electron chi connectivity index (χ1n) is 7.70. The summed E-state index contributed by atoms with van der Waals surface area (Å²) >= 11 is 1.67. The number of likely N-dealkylation sites (tertiary alicyclic amines) is 1. The third-order valence-electron chi connectivity index (χ3n) is 3.50. The average molecular weight is 331 g/mol. The minimum Gasteiger partial charge on any atom is -0.469 e. The maximum atomic E-state index is 12.0. The fourth-order valence-corrected chi connectivity index (χ4v) is 3.25. The number of carbonyl (C=O) groups excluding carboxylic acids is 3. The second-order valence-electron chi connectivity index (χ2n) is 5.04. The number of hydrogen-bond donors (Lipinski definition) is 0. The second kappa shape index (κ2) is 10.5. The van der Waals surface area contributed by atoms with E-state index in [0.29, 0.717) is 32.4 Å². The zero-order valence-electron chi connectivity index (χ0n) is 13.3. The first-order valence-corrected chi connectivity index (χ1v) is 8.86. The quantitative estimate of drug-likeness (QED) is 0.472. The van der Waals surface area contributed by atoms with Gasteiger partial charge in [-0.1, -0.05) is 0 Å². The molecule has 1 saturated heterocycles. The van der Waals surface area contributed by atoms with Crippen LogP contribution in [-0.2, 0) is 23.9 Å². The van der Waals surface area contributed by atoms with Gasteiger partial charge in [-0.3, -0.25) is 9.59 Å². The molecule has 1 aliphatic rings. The van der Waals surface area contributed by atoms with E-state index in [4.69, 9.17) is 4.74 Å². The van der Waals surface area contributed by atoms with Crippen molar-refractivity contribution in [2.24, 2.45) is 0 Å². The van der Waals surface area contributed by atoms with Gasteiger partial charge in [0.05, 0.1) is 13.7 Å². The molecule has 0 aromatic heterocycles. The summed E-state index contributed by atoms with van der Waals surface area (Å²) in [5, 5.41) is 0. The van der Waals surface area contributed by atoms with E-state index >= 15 is 0 Å². The Morgan fingerprint density at radius 1 is 1.36 bits per heavy atom. The van der Waals surface area contributed by atoms with Crippen LogP contribution in [0.15, 0.2) is 0 Å². The fraction of sp³-hybridized carbons (Fsp3) is 0.800. The van der Waals surface area contributed by atoms with Crippen molar-refractivity contribution in [2.45, 2.75) is 45.1 Å². The number of esters is 2. The van der Waals surface area contributed by atoms with Crippen molar-refractivity contribution < 1.29 is 23.9 Å². The van der Waals surface area contributed by atoms with Gasteiger partial charge in [0, 0.05) is 25.1 Å². The van der Waals surface area contributed by atoms with Crippen LogP contribution >= 0.6 is 11.8 Å². The average Bonchev–Trinajstić information content (AvgIpc) is 2.51. The highest BCUT2D eigenvalue weighted by atomic mass is 32.2. The van der Waals surface area contributed by atoms with Gasteiger partial charge in [0.2, 0.25) is 5.91 Å². The van der Waals surface area contributed by atoms with Crippen molar-refractivity contribution >= 4 is 29.6 Å². The lowest BCUT2D eigenvalue weighted by molar-refractivity contribution is -0.157. The third-order valence-corrected chi connectivity index (χ3v) is 4.55. The van der Waals surface area contributed by atoms with E-state index in [0.717, 1.165) is 24.3 Å². The van der Waals surface area contributed by atoms with E-state index in [2.05, 4.69) is 4.74 Å². The molecule has 1 atom stereocenters. The summed E-state index contributed by atoms with van der Waals surface area (Å²) < 4.78 is 9.63. The van der Waals surface area contributed by atoms with Crippen molar-refractivity contribution in [3.8, 4) is 0 Å². The van der Waals surface area contributed by atoms with Crippen LogP contribution in [0.4, 0.5) is 0 Å². The number of nitrogens with zero attached hydrogens (tertiary/aromatic N) is 1. The normalized spacial score (nSPS) is 18.2. The Labute approximate surface area is 135 Å². The van der Waals surface area contributed by atoms with Crippen LogP contribution in [0.3, 0.4) is 0 Å². The molecule has 1 fully saturated rings. The van der Waals surface area contributed by atoms with Crippen molar-refractivity contribution in [1.82, 2.24) is 4.90 Å². The number of piperidine rings is 1. The molecule has 1 amide bonds. The zero-order chi connectivity index (χ0) is 16.4. The SMILES string of the molecule is CCOC(=O)[C@H]1CCCC(=O)N1CCSCCCC(=O)OC. The molecule has 0 aliphatic carbocycles. The number of amides is 1. The van der Waals surface area contributed by atoms with Gasteiger partial charge >= 0.3 is 11.9 Å². The fourth-order valence-electron chi connectivity index (χ4n) is 2.37. The molecule has 0 radical (unpaired) electrons. The van der Waals surface area contributed by atoms with Gasteiger partial charge in [0.25, 0.3) is 0 Å². The smallest absolute Gasteiger partial charge is 0.328 e. The Morgan fingerprint density at radius 3 is 2.82 bits per heavy atom. The molecule has 7 heteroatoms. The number of carbonyl (C=O) groups is 3. The predicted octanol–water partition coefficient (Wildman–Crippen LogP) is 1.62. The molecule has 0 N–H and O–H groups in total. The molecule has 0 spiro atoms. The van der Waals surface area contributed by atoms with Crippen LogP contribution in [0, 0.1) is 0 Å². The van der Waals surface area contributed by atoms with Crippen LogP contribution in [0.25, 0.3) is 0 Å². The highest BCUT2D eigenvalue weighted by Gasteiger charge is 2.33. The summed E-state index contributed by atoms with van der Waals surface area (Å²) in [6.45, 7) is 2.65. The molecule has 0 bridgehead atoms. The Kier molecular flexibility index (Phi) is 8.96.